The van der Waals surface area contributed by atoms with E-state index in [-0.39, 0.29) is 13.0 Å². The van der Waals surface area contributed by atoms with E-state index in [1.165, 1.54) is 18.2 Å². The minimum Gasteiger partial charge on any atom is -0.467 e. The number of ether oxygens (including phenoxy) is 2. The van der Waals surface area contributed by atoms with Gasteiger partial charge in [-0.3, -0.25) is 4.90 Å². The Morgan fingerprint density at radius 2 is 2.11 bits per heavy atom. The maximum absolute atomic E-state index is 11.9. The first kappa shape index (κ1) is 14.5. The summed E-state index contributed by atoms with van der Waals surface area (Å²) in [4.78, 5) is 24.7. The first-order valence-corrected chi connectivity index (χ1v) is 5.68. The molecule has 0 radical (unpaired) electrons. The maximum Gasteiger partial charge on any atom is 0.415 e. The molecule has 0 aliphatic carbocycles. The highest BCUT2D eigenvalue weighted by molar-refractivity contribution is 5.83. The number of carbonyl (C=O) groups excluding carboxylic acids is 2. The zero-order valence-electron chi connectivity index (χ0n) is 11.1. The molecule has 1 amide bonds. The first-order chi connectivity index (χ1) is 8.28. The number of methoxy groups -OCH3 is 1. The normalized spacial score (nSPS) is 19.5. The van der Waals surface area contributed by atoms with E-state index >= 15 is 0 Å². The van der Waals surface area contributed by atoms with E-state index in [0.717, 1.165) is 0 Å². The lowest BCUT2D eigenvalue weighted by atomic mass is 10.1. The van der Waals surface area contributed by atoms with Crippen molar-refractivity contribution in [1.82, 2.24) is 4.90 Å². The third kappa shape index (κ3) is 3.46. The van der Waals surface area contributed by atoms with E-state index in [1.54, 1.807) is 20.8 Å². The Hall–Kier alpha value is -1.56. The average Bonchev–Trinajstić information content (AvgIpc) is 2.69. The van der Waals surface area contributed by atoms with Crippen LogP contribution in [0, 0.1) is 0 Å². The third-order valence-corrected chi connectivity index (χ3v) is 2.39. The highest BCUT2D eigenvalue weighted by Crippen LogP contribution is 2.24. The number of esters is 1. The largest absolute Gasteiger partial charge is 0.467 e. The second-order valence-electron chi connectivity index (χ2n) is 5.08. The zero-order chi connectivity index (χ0) is 13.9. The molecule has 1 atom stereocenters. The topological polar surface area (TPSA) is 76.1 Å². The fourth-order valence-electron chi connectivity index (χ4n) is 1.62. The number of hydrogen-bond acceptors (Lipinski definition) is 5. The molecule has 0 saturated heterocycles. The minimum atomic E-state index is -0.757. The van der Waals surface area contributed by atoms with Gasteiger partial charge in [0.05, 0.1) is 13.7 Å². The number of aliphatic hydroxyl groups excluding tert-OH is 1. The van der Waals surface area contributed by atoms with Crippen LogP contribution in [-0.4, -0.2) is 47.4 Å². The lowest BCUT2D eigenvalue weighted by Gasteiger charge is -2.26. The van der Waals surface area contributed by atoms with Crippen molar-refractivity contribution in [2.45, 2.75) is 38.8 Å². The molecule has 0 fully saturated rings. The lowest BCUT2D eigenvalue weighted by Crippen LogP contribution is -2.42. The average molecular weight is 257 g/mol. The van der Waals surface area contributed by atoms with Crippen molar-refractivity contribution >= 4 is 12.1 Å². The molecule has 0 bridgehead atoms. The van der Waals surface area contributed by atoms with E-state index in [4.69, 9.17) is 9.84 Å². The smallest absolute Gasteiger partial charge is 0.415 e. The van der Waals surface area contributed by atoms with Crippen molar-refractivity contribution in [1.29, 1.82) is 0 Å². The van der Waals surface area contributed by atoms with Gasteiger partial charge in [-0.05, 0) is 26.3 Å². The highest BCUT2D eigenvalue weighted by Gasteiger charge is 2.37. The minimum absolute atomic E-state index is 0.202. The van der Waals surface area contributed by atoms with Crippen LogP contribution >= 0.6 is 0 Å². The zero-order valence-corrected chi connectivity index (χ0v) is 11.1. The molecular formula is C12H19NO5. The number of carbonyl (C=O) groups is 2. The van der Waals surface area contributed by atoms with Gasteiger partial charge in [0.25, 0.3) is 0 Å². The summed E-state index contributed by atoms with van der Waals surface area (Å²) in [6.45, 7) is 5.02. The lowest BCUT2D eigenvalue weighted by molar-refractivity contribution is -0.145. The number of amides is 1. The van der Waals surface area contributed by atoms with Crippen molar-refractivity contribution in [2.75, 3.05) is 13.7 Å². The van der Waals surface area contributed by atoms with E-state index < -0.39 is 23.7 Å². The van der Waals surface area contributed by atoms with Crippen LogP contribution in [0.2, 0.25) is 0 Å². The van der Waals surface area contributed by atoms with Gasteiger partial charge in [0.15, 0.2) is 0 Å². The summed E-state index contributed by atoms with van der Waals surface area (Å²) in [6.07, 6.45) is 1.08. The predicted molar refractivity (Wildman–Crippen MR) is 63.7 cm³/mol. The third-order valence-electron chi connectivity index (χ3n) is 2.39. The van der Waals surface area contributed by atoms with Crippen molar-refractivity contribution in [2.24, 2.45) is 0 Å². The maximum atomic E-state index is 11.9. The summed E-state index contributed by atoms with van der Waals surface area (Å²) < 4.78 is 9.83. The molecule has 0 spiro atoms. The summed E-state index contributed by atoms with van der Waals surface area (Å²) in [6, 6.07) is -0.757. The SMILES string of the molecule is COC(=O)[C@@H]1CC(CO)=CN1C(=O)OC(C)(C)C. The summed E-state index contributed by atoms with van der Waals surface area (Å²) >= 11 is 0. The van der Waals surface area contributed by atoms with Gasteiger partial charge >= 0.3 is 12.1 Å². The van der Waals surface area contributed by atoms with Crippen LogP contribution < -0.4 is 0 Å². The van der Waals surface area contributed by atoms with Crippen molar-refractivity contribution in [3.05, 3.63) is 11.8 Å². The summed E-state index contributed by atoms with van der Waals surface area (Å²) in [5.41, 5.74) is -0.0515. The van der Waals surface area contributed by atoms with Crippen molar-refractivity contribution in [3.8, 4) is 0 Å². The van der Waals surface area contributed by atoms with Crippen molar-refractivity contribution < 1.29 is 24.2 Å². The molecule has 1 aliphatic rings. The van der Waals surface area contributed by atoms with Gasteiger partial charge in [-0.1, -0.05) is 0 Å². The van der Waals surface area contributed by atoms with Gasteiger partial charge in [0.1, 0.15) is 11.6 Å². The first-order valence-electron chi connectivity index (χ1n) is 5.68. The molecule has 0 aromatic heterocycles. The van der Waals surface area contributed by atoms with Gasteiger partial charge in [-0.25, -0.2) is 9.59 Å². The quantitative estimate of drug-likeness (QED) is 0.748. The van der Waals surface area contributed by atoms with E-state index in [9.17, 15) is 9.59 Å². The fraction of sp³-hybridized carbons (Fsp3) is 0.667. The monoisotopic (exact) mass is 257 g/mol. The van der Waals surface area contributed by atoms with Crippen LogP contribution in [0.3, 0.4) is 0 Å². The van der Waals surface area contributed by atoms with Gasteiger partial charge < -0.3 is 14.6 Å². The van der Waals surface area contributed by atoms with E-state index in [2.05, 4.69) is 4.74 Å². The van der Waals surface area contributed by atoms with Gasteiger partial charge in [0, 0.05) is 12.6 Å². The summed E-state index contributed by atoms with van der Waals surface area (Å²) in [5, 5.41) is 9.07. The van der Waals surface area contributed by atoms with E-state index in [1.807, 2.05) is 0 Å². The molecule has 18 heavy (non-hydrogen) atoms. The number of nitrogens with zero attached hydrogens (tertiary/aromatic N) is 1. The van der Waals surface area contributed by atoms with Crippen LogP contribution in [0.15, 0.2) is 11.8 Å². The fourth-order valence-corrected chi connectivity index (χ4v) is 1.62. The van der Waals surface area contributed by atoms with Crippen LogP contribution in [0.4, 0.5) is 4.79 Å². The molecule has 0 unspecified atom stereocenters. The molecule has 1 N–H and O–H groups in total. The second kappa shape index (κ2) is 5.39. The standard InChI is InChI=1S/C12H19NO5/c1-12(2,3)18-11(16)13-6-8(7-14)5-9(13)10(15)17-4/h6,9,14H,5,7H2,1-4H3/t9-/m0/s1. The molecule has 1 heterocycles. The Kier molecular flexibility index (Phi) is 4.34. The van der Waals surface area contributed by atoms with Gasteiger partial charge in [-0.2, -0.15) is 0 Å². The summed E-state index contributed by atoms with van der Waals surface area (Å²) in [5.74, 6) is -0.527. The van der Waals surface area contributed by atoms with Gasteiger partial charge in [-0.15, -0.1) is 0 Å². The van der Waals surface area contributed by atoms with Crippen LogP contribution in [0.25, 0.3) is 0 Å². The number of aliphatic hydroxyl groups is 1. The Morgan fingerprint density at radius 3 is 2.56 bits per heavy atom. The van der Waals surface area contributed by atoms with Crippen LogP contribution in [0.5, 0.6) is 0 Å². The Bertz CT molecular complexity index is 369. The van der Waals surface area contributed by atoms with Crippen LogP contribution in [-0.2, 0) is 14.3 Å². The molecule has 102 valence electrons. The molecule has 0 aromatic rings. The van der Waals surface area contributed by atoms with E-state index in [0.29, 0.717) is 5.57 Å². The molecule has 0 aromatic carbocycles. The summed E-state index contributed by atoms with van der Waals surface area (Å²) in [7, 11) is 1.26. The number of rotatable bonds is 2. The highest BCUT2D eigenvalue weighted by atomic mass is 16.6. The molecule has 1 aliphatic heterocycles. The molecule has 6 heteroatoms. The van der Waals surface area contributed by atoms with Gasteiger partial charge in [0.2, 0.25) is 0 Å². The Balaban J connectivity index is 2.84. The molecular weight excluding hydrogens is 238 g/mol. The molecule has 0 saturated carbocycles. The second-order valence-corrected chi connectivity index (χ2v) is 5.08. The van der Waals surface area contributed by atoms with Crippen molar-refractivity contribution in [3.63, 3.8) is 0 Å². The molecule has 1 rings (SSSR count). The number of hydrogen-bond donors (Lipinski definition) is 1. The predicted octanol–water partition coefficient (Wildman–Crippen LogP) is 1.04. The Labute approximate surface area is 106 Å². The molecule has 6 nitrogen and oxygen atoms in total. The Morgan fingerprint density at radius 1 is 1.50 bits per heavy atom. The van der Waals surface area contributed by atoms with Crippen LogP contribution in [0.1, 0.15) is 27.2 Å².